The molecule has 5 heteroatoms. The van der Waals surface area contributed by atoms with Crippen LogP contribution in [0.15, 0.2) is 18.2 Å². The van der Waals surface area contributed by atoms with Gasteiger partial charge in [-0.1, -0.05) is 19.9 Å². The number of nitrogens with two attached hydrogens (primary N) is 1. The van der Waals surface area contributed by atoms with Gasteiger partial charge in [-0.2, -0.15) is 0 Å². The highest BCUT2D eigenvalue weighted by Crippen LogP contribution is 2.29. The molecule has 0 aromatic heterocycles. The summed E-state index contributed by atoms with van der Waals surface area (Å²) in [5.41, 5.74) is 6.48. The number of methoxy groups -OCH3 is 2. The highest BCUT2D eigenvalue weighted by molar-refractivity contribution is 5.99. The predicted octanol–water partition coefficient (Wildman–Crippen LogP) is 2.15. The highest BCUT2D eigenvalue weighted by Gasteiger charge is 2.22. The first-order chi connectivity index (χ1) is 9.92. The van der Waals surface area contributed by atoms with Crippen molar-refractivity contribution in [2.45, 2.75) is 26.3 Å². The molecule has 1 unspecified atom stereocenters. The van der Waals surface area contributed by atoms with E-state index in [0.717, 1.165) is 6.42 Å². The molecule has 0 aliphatic heterocycles. The van der Waals surface area contributed by atoms with Gasteiger partial charge in [0, 0.05) is 19.6 Å². The van der Waals surface area contributed by atoms with E-state index >= 15 is 0 Å². The van der Waals surface area contributed by atoms with E-state index in [1.807, 2.05) is 0 Å². The number of nitrogens with zero attached hydrogens (tertiary/aromatic N) is 1. The second kappa shape index (κ2) is 7.88. The van der Waals surface area contributed by atoms with Crippen LogP contribution in [0.4, 0.5) is 0 Å². The monoisotopic (exact) mass is 294 g/mol. The largest absolute Gasteiger partial charge is 0.496 e. The molecule has 21 heavy (non-hydrogen) atoms. The van der Waals surface area contributed by atoms with Crippen molar-refractivity contribution < 1.29 is 14.3 Å². The fourth-order valence-electron chi connectivity index (χ4n) is 2.03. The Hall–Kier alpha value is -1.75. The number of benzene rings is 1. The van der Waals surface area contributed by atoms with E-state index in [9.17, 15) is 4.79 Å². The highest BCUT2D eigenvalue weighted by atomic mass is 16.5. The number of ether oxygens (including phenoxy) is 2. The van der Waals surface area contributed by atoms with Crippen LogP contribution in [0.25, 0.3) is 0 Å². The Morgan fingerprint density at radius 1 is 1.24 bits per heavy atom. The topological polar surface area (TPSA) is 64.8 Å². The summed E-state index contributed by atoms with van der Waals surface area (Å²) in [7, 11) is 4.85. The van der Waals surface area contributed by atoms with E-state index in [1.54, 1.807) is 44.4 Å². The summed E-state index contributed by atoms with van der Waals surface area (Å²) in [5.74, 6) is 1.30. The number of carbonyl (C=O) groups excluding carboxylic acids is 1. The maximum Gasteiger partial charge on any atom is 0.261 e. The van der Waals surface area contributed by atoms with Gasteiger partial charge < -0.3 is 20.1 Å². The first kappa shape index (κ1) is 17.3. The van der Waals surface area contributed by atoms with Gasteiger partial charge in [0.15, 0.2) is 0 Å². The number of carbonyl (C=O) groups is 1. The molecule has 1 atom stereocenters. The SMILES string of the molecule is COc1cccc(OC)c1C(=O)N(C)CCC(N)C(C)C. The molecule has 0 spiro atoms. The van der Waals surface area contributed by atoms with Crippen molar-refractivity contribution in [2.24, 2.45) is 11.7 Å². The van der Waals surface area contributed by atoms with E-state index in [4.69, 9.17) is 15.2 Å². The molecule has 2 N–H and O–H groups in total. The van der Waals surface area contributed by atoms with Gasteiger partial charge in [0.25, 0.3) is 5.91 Å². The van der Waals surface area contributed by atoms with Crippen LogP contribution in [0.1, 0.15) is 30.6 Å². The molecular formula is C16H26N2O3. The van der Waals surface area contributed by atoms with Crippen LogP contribution < -0.4 is 15.2 Å². The van der Waals surface area contributed by atoms with Crippen LogP contribution in [0.2, 0.25) is 0 Å². The second-order valence-corrected chi connectivity index (χ2v) is 5.46. The summed E-state index contributed by atoms with van der Waals surface area (Å²) in [6.45, 7) is 4.75. The van der Waals surface area contributed by atoms with Crippen molar-refractivity contribution in [3.05, 3.63) is 23.8 Å². The summed E-state index contributed by atoms with van der Waals surface area (Å²) in [5, 5.41) is 0. The Labute approximate surface area is 127 Å². The average molecular weight is 294 g/mol. The van der Waals surface area contributed by atoms with Gasteiger partial charge in [-0.25, -0.2) is 0 Å². The Kier molecular flexibility index (Phi) is 6.49. The molecular weight excluding hydrogens is 268 g/mol. The zero-order valence-corrected chi connectivity index (χ0v) is 13.6. The molecule has 0 heterocycles. The number of hydrogen-bond acceptors (Lipinski definition) is 4. The Morgan fingerprint density at radius 3 is 2.19 bits per heavy atom. The molecule has 0 aliphatic rings. The lowest BCUT2D eigenvalue weighted by molar-refractivity contribution is 0.0782. The van der Waals surface area contributed by atoms with Gasteiger partial charge in [0.1, 0.15) is 17.1 Å². The average Bonchev–Trinajstić information content (AvgIpc) is 2.50. The smallest absolute Gasteiger partial charge is 0.261 e. The minimum atomic E-state index is -0.125. The number of rotatable bonds is 7. The molecule has 0 saturated carbocycles. The van der Waals surface area contributed by atoms with Crippen LogP contribution in [0, 0.1) is 5.92 Å². The van der Waals surface area contributed by atoms with Crippen molar-refractivity contribution in [3.8, 4) is 11.5 Å². The lowest BCUT2D eigenvalue weighted by Gasteiger charge is -2.23. The summed E-state index contributed by atoms with van der Waals surface area (Å²) in [4.78, 5) is 14.3. The van der Waals surface area contributed by atoms with Crippen molar-refractivity contribution in [1.82, 2.24) is 4.90 Å². The van der Waals surface area contributed by atoms with Crippen molar-refractivity contribution in [1.29, 1.82) is 0 Å². The Morgan fingerprint density at radius 2 is 1.76 bits per heavy atom. The van der Waals surface area contributed by atoms with E-state index < -0.39 is 0 Å². The zero-order chi connectivity index (χ0) is 16.0. The predicted molar refractivity (Wildman–Crippen MR) is 83.9 cm³/mol. The van der Waals surface area contributed by atoms with Crippen LogP contribution in [-0.2, 0) is 0 Å². The second-order valence-electron chi connectivity index (χ2n) is 5.46. The van der Waals surface area contributed by atoms with Crippen molar-refractivity contribution in [3.63, 3.8) is 0 Å². The molecule has 0 aliphatic carbocycles. The van der Waals surface area contributed by atoms with Crippen LogP contribution in [0.3, 0.4) is 0 Å². The van der Waals surface area contributed by atoms with E-state index in [-0.39, 0.29) is 11.9 Å². The quantitative estimate of drug-likeness (QED) is 0.837. The van der Waals surface area contributed by atoms with E-state index in [0.29, 0.717) is 29.5 Å². The van der Waals surface area contributed by atoms with E-state index in [1.165, 1.54) is 0 Å². The molecule has 0 bridgehead atoms. The Balaban J connectivity index is 2.87. The van der Waals surface area contributed by atoms with Gasteiger partial charge in [0.2, 0.25) is 0 Å². The van der Waals surface area contributed by atoms with Crippen molar-refractivity contribution >= 4 is 5.91 Å². The van der Waals surface area contributed by atoms with Gasteiger partial charge in [-0.3, -0.25) is 4.79 Å². The molecule has 118 valence electrons. The molecule has 0 saturated heterocycles. The lowest BCUT2D eigenvalue weighted by atomic mass is 10.0. The minimum absolute atomic E-state index is 0.0832. The van der Waals surface area contributed by atoms with Gasteiger partial charge in [0.05, 0.1) is 14.2 Å². The maximum absolute atomic E-state index is 12.6. The fraction of sp³-hybridized carbons (Fsp3) is 0.562. The normalized spacial score (nSPS) is 12.1. The van der Waals surface area contributed by atoms with Crippen LogP contribution in [0.5, 0.6) is 11.5 Å². The summed E-state index contributed by atoms with van der Waals surface area (Å²) < 4.78 is 10.5. The molecule has 1 rings (SSSR count). The van der Waals surface area contributed by atoms with Crippen LogP contribution >= 0.6 is 0 Å². The zero-order valence-electron chi connectivity index (χ0n) is 13.6. The van der Waals surface area contributed by atoms with Gasteiger partial charge >= 0.3 is 0 Å². The van der Waals surface area contributed by atoms with Crippen LogP contribution in [-0.4, -0.2) is 44.7 Å². The van der Waals surface area contributed by atoms with Gasteiger partial charge in [-0.05, 0) is 24.5 Å². The summed E-state index contributed by atoms with van der Waals surface area (Å²) in [6, 6.07) is 5.38. The maximum atomic E-state index is 12.6. The third-order valence-electron chi connectivity index (χ3n) is 3.64. The van der Waals surface area contributed by atoms with E-state index in [2.05, 4.69) is 13.8 Å². The third-order valence-corrected chi connectivity index (χ3v) is 3.64. The molecule has 0 fully saturated rings. The first-order valence-corrected chi connectivity index (χ1v) is 7.14. The number of hydrogen-bond donors (Lipinski definition) is 1. The first-order valence-electron chi connectivity index (χ1n) is 7.14. The van der Waals surface area contributed by atoms with Crippen molar-refractivity contribution in [2.75, 3.05) is 27.8 Å². The summed E-state index contributed by atoms with van der Waals surface area (Å²) in [6.07, 6.45) is 0.761. The number of amides is 1. The minimum Gasteiger partial charge on any atom is -0.496 e. The van der Waals surface area contributed by atoms with Gasteiger partial charge in [-0.15, -0.1) is 0 Å². The Bertz CT molecular complexity index is 452. The molecule has 0 radical (unpaired) electrons. The molecule has 1 amide bonds. The third kappa shape index (κ3) is 4.36. The molecule has 1 aromatic carbocycles. The lowest BCUT2D eigenvalue weighted by Crippen LogP contribution is -2.35. The fourth-order valence-corrected chi connectivity index (χ4v) is 2.03. The standard InChI is InChI=1S/C16H26N2O3/c1-11(2)12(17)9-10-18(3)16(19)15-13(20-4)7-6-8-14(15)21-5/h6-8,11-12H,9-10,17H2,1-5H3. The molecule has 1 aromatic rings. The molecule has 5 nitrogen and oxygen atoms in total. The summed E-state index contributed by atoms with van der Waals surface area (Å²) >= 11 is 0.